The Morgan fingerprint density at radius 2 is 2.12 bits per heavy atom. The van der Waals surface area contributed by atoms with Crippen molar-refractivity contribution < 1.29 is 14.6 Å². The predicted octanol–water partition coefficient (Wildman–Crippen LogP) is 0.888. The van der Waals surface area contributed by atoms with Crippen molar-refractivity contribution in [3.05, 3.63) is 0 Å². The summed E-state index contributed by atoms with van der Waals surface area (Å²) in [5.74, 6) is 0.222. The van der Waals surface area contributed by atoms with Crippen molar-refractivity contribution in [3.8, 4) is 0 Å². The lowest BCUT2D eigenvalue weighted by atomic mass is 9.99. The van der Waals surface area contributed by atoms with Gasteiger partial charge in [-0.25, -0.2) is 0 Å². The van der Waals surface area contributed by atoms with Crippen LogP contribution >= 0.6 is 0 Å². The minimum absolute atomic E-state index is 0.00759. The molecular formula is C12H23NO3. The summed E-state index contributed by atoms with van der Waals surface area (Å²) in [5, 5.41) is 9.65. The van der Waals surface area contributed by atoms with Crippen LogP contribution in [0.15, 0.2) is 0 Å². The number of esters is 1. The van der Waals surface area contributed by atoms with E-state index in [4.69, 9.17) is 4.74 Å². The highest BCUT2D eigenvalue weighted by molar-refractivity contribution is 5.73. The van der Waals surface area contributed by atoms with Crippen molar-refractivity contribution in [2.24, 2.45) is 11.8 Å². The van der Waals surface area contributed by atoms with Gasteiger partial charge in [0, 0.05) is 19.6 Å². The highest BCUT2D eigenvalue weighted by Crippen LogP contribution is 2.24. The first-order chi connectivity index (χ1) is 7.33. The highest BCUT2D eigenvalue weighted by atomic mass is 16.5. The van der Waals surface area contributed by atoms with Gasteiger partial charge in [0.2, 0.25) is 0 Å². The largest absolute Gasteiger partial charge is 0.469 e. The quantitative estimate of drug-likeness (QED) is 0.727. The molecule has 2 unspecified atom stereocenters. The Hall–Kier alpha value is -0.610. The highest BCUT2D eigenvalue weighted by Gasteiger charge is 2.35. The summed E-state index contributed by atoms with van der Waals surface area (Å²) >= 11 is 0. The van der Waals surface area contributed by atoms with Crippen molar-refractivity contribution in [1.82, 2.24) is 4.90 Å². The summed E-state index contributed by atoms with van der Waals surface area (Å²) in [6.45, 7) is 8.20. The number of nitrogens with zero attached hydrogens (tertiary/aromatic N) is 1. The van der Waals surface area contributed by atoms with Crippen LogP contribution in [0.3, 0.4) is 0 Å². The molecule has 0 amide bonds. The normalized spacial score (nSPS) is 27.1. The van der Waals surface area contributed by atoms with Gasteiger partial charge in [0.1, 0.15) is 0 Å². The molecule has 0 aromatic carbocycles. The third-order valence-corrected chi connectivity index (χ3v) is 3.23. The third kappa shape index (κ3) is 3.76. The van der Waals surface area contributed by atoms with E-state index < -0.39 is 5.60 Å². The maximum Gasteiger partial charge on any atom is 0.310 e. The molecule has 1 heterocycles. The van der Waals surface area contributed by atoms with Gasteiger partial charge < -0.3 is 14.7 Å². The predicted molar refractivity (Wildman–Crippen MR) is 62.0 cm³/mol. The number of aliphatic hydroxyl groups is 1. The molecule has 2 atom stereocenters. The smallest absolute Gasteiger partial charge is 0.310 e. The first-order valence-corrected chi connectivity index (χ1v) is 5.86. The van der Waals surface area contributed by atoms with E-state index in [2.05, 4.69) is 11.8 Å². The number of ether oxygens (including phenoxy) is 1. The Morgan fingerprint density at radius 3 is 2.62 bits per heavy atom. The minimum atomic E-state index is -0.632. The van der Waals surface area contributed by atoms with Crippen molar-refractivity contribution in [3.63, 3.8) is 0 Å². The lowest BCUT2D eigenvalue weighted by Gasteiger charge is -2.22. The number of methoxy groups -OCH3 is 1. The van der Waals surface area contributed by atoms with Crippen LogP contribution in [-0.4, -0.2) is 48.3 Å². The minimum Gasteiger partial charge on any atom is -0.469 e. The molecule has 0 radical (unpaired) electrons. The zero-order valence-corrected chi connectivity index (χ0v) is 10.7. The van der Waals surface area contributed by atoms with Crippen LogP contribution in [-0.2, 0) is 9.53 Å². The molecule has 0 saturated carbocycles. The summed E-state index contributed by atoms with van der Waals surface area (Å²) in [6.07, 6.45) is 0.730. The second-order valence-electron chi connectivity index (χ2n) is 5.43. The van der Waals surface area contributed by atoms with Crippen molar-refractivity contribution in [2.45, 2.75) is 32.8 Å². The molecule has 1 aliphatic heterocycles. The number of hydrogen-bond donors (Lipinski definition) is 1. The van der Waals surface area contributed by atoms with E-state index in [0.29, 0.717) is 5.92 Å². The van der Waals surface area contributed by atoms with Gasteiger partial charge >= 0.3 is 5.97 Å². The van der Waals surface area contributed by atoms with Crippen LogP contribution in [0.5, 0.6) is 0 Å². The summed E-state index contributed by atoms with van der Waals surface area (Å²) in [4.78, 5) is 13.7. The van der Waals surface area contributed by atoms with Gasteiger partial charge in [-0.1, -0.05) is 6.92 Å². The van der Waals surface area contributed by atoms with Gasteiger partial charge in [0.15, 0.2) is 0 Å². The second-order valence-corrected chi connectivity index (χ2v) is 5.43. The second kappa shape index (κ2) is 5.15. The monoisotopic (exact) mass is 229 g/mol. The molecular weight excluding hydrogens is 206 g/mol. The average Bonchev–Trinajstić information content (AvgIpc) is 2.55. The van der Waals surface area contributed by atoms with Crippen molar-refractivity contribution >= 4 is 5.97 Å². The number of likely N-dealkylation sites (tertiary alicyclic amines) is 1. The lowest BCUT2D eigenvalue weighted by Crippen LogP contribution is -2.30. The Kier molecular flexibility index (Phi) is 4.33. The van der Waals surface area contributed by atoms with Gasteiger partial charge in [-0.05, 0) is 26.2 Å². The molecule has 16 heavy (non-hydrogen) atoms. The van der Waals surface area contributed by atoms with E-state index in [1.165, 1.54) is 7.11 Å². The van der Waals surface area contributed by atoms with Gasteiger partial charge in [0.05, 0.1) is 18.6 Å². The molecule has 0 bridgehead atoms. The average molecular weight is 229 g/mol. The number of carbonyl (C=O) groups excluding carboxylic acids is 1. The molecule has 1 saturated heterocycles. The SMILES string of the molecule is COC(=O)C1CN(CCC(C)(C)O)CC1C. The molecule has 0 aromatic rings. The Labute approximate surface area is 97.6 Å². The van der Waals surface area contributed by atoms with Crippen LogP contribution in [0.4, 0.5) is 0 Å². The molecule has 1 rings (SSSR count). The fourth-order valence-corrected chi connectivity index (χ4v) is 2.14. The number of carbonyl (C=O) groups is 1. The summed E-state index contributed by atoms with van der Waals surface area (Å²) in [7, 11) is 1.44. The molecule has 1 aliphatic rings. The number of rotatable bonds is 4. The van der Waals surface area contributed by atoms with Crippen LogP contribution in [0.2, 0.25) is 0 Å². The molecule has 0 aromatic heterocycles. The van der Waals surface area contributed by atoms with Crippen molar-refractivity contribution in [2.75, 3.05) is 26.7 Å². The Morgan fingerprint density at radius 1 is 1.50 bits per heavy atom. The zero-order chi connectivity index (χ0) is 12.3. The molecule has 1 N–H and O–H groups in total. The van der Waals surface area contributed by atoms with E-state index in [1.807, 2.05) is 13.8 Å². The van der Waals surface area contributed by atoms with Crippen LogP contribution in [0.25, 0.3) is 0 Å². The van der Waals surface area contributed by atoms with E-state index in [-0.39, 0.29) is 11.9 Å². The molecule has 4 nitrogen and oxygen atoms in total. The van der Waals surface area contributed by atoms with Gasteiger partial charge in [-0.15, -0.1) is 0 Å². The summed E-state index contributed by atoms with van der Waals surface area (Å²) in [5.41, 5.74) is -0.632. The molecule has 0 aliphatic carbocycles. The van der Waals surface area contributed by atoms with Crippen LogP contribution in [0.1, 0.15) is 27.2 Å². The zero-order valence-electron chi connectivity index (χ0n) is 10.7. The van der Waals surface area contributed by atoms with Gasteiger partial charge in [-0.3, -0.25) is 4.79 Å². The number of hydrogen-bond acceptors (Lipinski definition) is 4. The van der Waals surface area contributed by atoms with Gasteiger partial charge in [-0.2, -0.15) is 0 Å². The van der Waals surface area contributed by atoms with E-state index in [9.17, 15) is 9.90 Å². The first kappa shape index (κ1) is 13.5. The maximum atomic E-state index is 11.5. The van der Waals surface area contributed by atoms with Crippen LogP contribution in [0, 0.1) is 11.8 Å². The van der Waals surface area contributed by atoms with E-state index in [0.717, 1.165) is 26.1 Å². The van der Waals surface area contributed by atoms with E-state index >= 15 is 0 Å². The molecule has 1 fully saturated rings. The van der Waals surface area contributed by atoms with Crippen molar-refractivity contribution in [1.29, 1.82) is 0 Å². The summed E-state index contributed by atoms with van der Waals surface area (Å²) < 4.78 is 4.78. The molecule has 0 spiro atoms. The Bertz CT molecular complexity index is 247. The van der Waals surface area contributed by atoms with Gasteiger partial charge in [0.25, 0.3) is 0 Å². The fourth-order valence-electron chi connectivity index (χ4n) is 2.14. The van der Waals surface area contributed by atoms with E-state index in [1.54, 1.807) is 0 Å². The topological polar surface area (TPSA) is 49.8 Å². The summed E-state index contributed by atoms with van der Waals surface area (Å²) in [6, 6.07) is 0. The van der Waals surface area contributed by atoms with Crippen LogP contribution < -0.4 is 0 Å². The lowest BCUT2D eigenvalue weighted by molar-refractivity contribution is -0.146. The first-order valence-electron chi connectivity index (χ1n) is 5.86. The fraction of sp³-hybridized carbons (Fsp3) is 0.917. The molecule has 94 valence electrons. The standard InChI is InChI=1S/C12H23NO3/c1-9-7-13(6-5-12(2,3)15)8-10(9)11(14)16-4/h9-10,15H,5-8H2,1-4H3. The maximum absolute atomic E-state index is 11.5. The molecule has 4 heteroatoms. The Balaban J connectivity index is 2.41. The third-order valence-electron chi connectivity index (χ3n) is 3.23.